The molecule has 0 aliphatic heterocycles. The fourth-order valence-electron chi connectivity index (χ4n) is 1.94. The summed E-state index contributed by atoms with van der Waals surface area (Å²) in [4.78, 5) is 27.0. The molecule has 0 spiro atoms. The predicted molar refractivity (Wildman–Crippen MR) is 93.6 cm³/mol. The van der Waals surface area contributed by atoms with Gasteiger partial charge in [0.15, 0.2) is 0 Å². The molecule has 7 heteroatoms. The normalized spacial score (nSPS) is 11.1. The van der Waals surface area contributed by atoms with Crippen molar-refractivity contribution < 1.29 is 19.1 Å². The van der Waals surface area contributed by atoms with E-state index in [1.54, 1.807) is 12.1 Å². The SMILES string of the molecule is [C-]#[N+]C(Oc1ccc(C)cc1)C(=O)Nc1cc(C(=O)OC)ccc1Cl. The molecule has 0 aliphatic rings. The average molecular weight is 359 g/mol. The van der Waals surface area contributed by atoms with E-state index in [1.165, 1.54) is 25.3 Å². The number of esters is 1. The summed E-state index contributed by atoms with van der Waals surface area (Å²) in [7, 11) is 1.25. The third kappa shape index (κ3) is 4.72. The van der Waals surface area contributed by atoms with Crippen LogP contribution in [0.4, 0.5) is 5.69 Å². The van der Waals surface area contributed by atoms with Gasteiger partial charge in [0.25, 0.3) is 0 Å². The molecular weight excluding hydrogens is 344 g/mol. The van der Waals surface area contributed by atoms with Gasteiger partial charge in [0.1, 0.15) is 5.75 Å². The van der Waals surface area contributed by atoms with Crippen molar-refractivity contribution in [2.75, 3.05) is 12.4 Å². The molecule has 0 heterocycles. The lowest BCUT2D eigenvalue weighted by atomic mass is 10.2. The van der Waals surface area contributed by atoms with Gasteiger partial charge in [-0.05, 0) is 37.3 Å². The highest BCUT2D eigenvalue weighted by Crippen LogP contribution is 2.24. The van der Waals surface area contributed by atoms with Gasteiger partial charge in [0, 0.05) is 0 Å². The predicted octanol–water partition coefficient (Wildman–Crippen LogP) is 3.70. The topological polar surface area (TPSA) is 69.0 Å². The molecule has 0 saturated heterocycles. The summed E-state index contributed by atoms with van der Waals surface area (Å²) in [5.41, 5.74) is 1.44. The standard InChI is InChI=1S/C18H15ClN2O4/c1-11-4-7-13(8-5-11)25-17(20-2)16(22)21-15-10-12(18(23)24-3)6-9-14(15)19/h4-10,17H,1,3H3,(H,21,22). The number of hydrogen-bond donors (Lipinski definition) is 1. The highest BCUT2D eigenvalue weighted by molar-refractivity contribution is 6.34. The number of ether oxygens (including phenoxy) is 2. The average Bonchev–Trinajstić information content (AvgIpc) is 2.62. The number of methoxy groups -OCH3 is 1. The van der Waals surface area contributed by atoms with Crippen molar-refractivity contribution in [2.24, 2.45) is 0 Å². The Bertz CT molecular complexity index is 828. The van der Waals surface area contributed by atoms with Crippen LogP contribution in [0.3, 0.4) is 0 Å². The van der Waals surface area contributed by atoms with Crippen molar-refractivity contribution >= 4 is 29.2 Å². The van der Waals surface area contributed by atoms with E-state index in [0.29, 0.717) is 5.75 Å². The summed E-state index contributed by atoms with van der Waals surface area (Å²) < 4.78 is 10.0. The van der Waals surface area contributed by atoms with Crippen molar-refractivity contribution in [1.82, 2.24) is 0 Å². The number of aryl methyl sites for hydroxylation is 1. The fraction of sp³-hybridized carbons (Fsp3) is 0.167. The van der Waals surface area contributed by atoms with Crippen LogP contribution in [0.2, 0.25) is 5.02 Å². The van der Waals surface area contributed by atoms with E-state index < -0.39 is 18.1 Å². The molecule has 2 aromatic rings. The van der Waals surface area contributed by atoms with Gasteiger partial charge in [-0.3, -0.25) is 9.64 Å². The van der Waals surface area contributed by atoms with Crippen LogP contribution < -0.4 is 10.1 Å². The first-order valence-electron chi connectivity index (χ1n) is 7.23. The van der Waals surface area contributed by atoms with Crippen LogP contribution in [-0.4, -0.2) is 25.2 Å². The van der Waals surface area contributed by atoms with E-state index >= 15 is 0 Å². The lowest BCUT2D eigenvalue weighted by molar-refractivity contribution is -0.121. The fourth-order valence-corrected chi connectivity index (χ4v) is 2.11. The van der Waals surface area contributed by atoms with Crippen LogP contribution in [0.25, 0.3) is 4.85 Å². The van der Waals surface area contributed by atoms with Crippen LogP contribution in [0.1, 0.15) is 15.9 Å². The third-order valence-electron chi connectivity index (χ3n) is 3.26. The smallest absolute Gasteiger partial charge is 0.446 e. The van der Waals surface area contributed by atoms with E-state index in [9.17, 15) is 9.59 Å². The molecule has 6 nitrogen and oxygen atoms in total. The van der Waals surface area contributed by atoms with Crippen LogP contribution in [-0.2, 0) is 9.53 Å². The lowest BCUT2D eigenvalue weighted by Gasteiger charge is -2.11. The second-order valence-corrected chi connectivity index (χ2v) is 5.50. The van der Waals surface area contributed by atoms with Crippen molar-refractivity contribution in [3.05, 3.63) is 70.0 Å². The zero-order valence-electron chi connectivity index (χ0n) is 13.6. The van der Waals surface area contributed by atoms with Gasteiger partial charge in [0.2, 0.25) is 0 Å². The Balaban J connectivity index is 2.15. The molecule has 1 unspecified atom stereocenters. The number of hydrogen-bond acceptors (Lipinski definition) is 4. The van der Waals surface area contributed by atoms with E-state index in [1.807, 2.05) is 19.1 Å². The quantitative estimate of drug-likeness (QED) is 0.653. The van der Waals surface area contributed by atoms with Gasteiger partial charge < -0.3 is 14.8 Å². The Morgan fingerprint density at radius 1 is 1.20 bits per heavy atom. The highest BCUT2D eigenvalue weighted by Gasteiger charge is 2.26. The van der Waals surface area contributed by atoms with E-state index in [0.717, 1.165) is 5.56 Å². The molecule has 0 radical (unpaired) electrons. The molecule has 0 bridgehead atoms. The zero-order valence-corrected chi connectivity index (χ0v) is 14.3. The van der Waals surface area contributed by atoms with Gasteiger partial charge in [-0.1, -0.05) is 29.3 Å². The number of nitrogens with one attached hydrogen (secondary N) is 1. The Kier molecular flexibility index (Phi) is 5.98. The first-order chi connectivity index (χ1) is 11.9. The minimum atomic E-state index is -1.39. The van der Waals surface area contributed by atoms with Gasteiger partial charge >= 0.3 is 18.1 Å². The van der Waals surface area contributed by atoms with E-state index in [2.05, 4.69) is 14.9 Å². The molecule has 1 N–H and O–H groups in total. The molecule has 1 atom stereocenters. The Morgan fingerprint density at radius 3 is 2.48 bits per heavy atom. The van der Waals surface area contributed by atoms with Crippen molar-refractivity contribution in [1.29, 1.82) is 0 Å². The van der Waals surface area contributed by atoms with Crippen LogP contribution in [0, 0.1) is 13.5 Å². The van der Waals surface area contributed by atoms with E-state index in [-0.39, 0.29) is 16.3 Å². The number of nitrogens with zero attached hydrogens (tertiary/aromatic N) is 1. The van der Waals surface area contributed by atoms with Gasteiger partial charge in [-0.15, -0.1) is 0 Å². The summed E-state index contributed by atoms with van der Waals surface area (Å²) in [5, 5.41) is 2.72. The summed E-state index contributed by atoms with van der Waals surface area (Å²) in [6.45, 7) is 9.09. The molecule has 0 aliphatic carbocycles. The van der Waals surface area contributed by atoms with E-state index in [4.69, 9.17) is 22.9 Å². The summed E-state index contributed by atoms with van der Waals surface area (Å²) >= 11 is 6.03. The molecule has 2 aromatic carbocycles. The number of anilines is 1. The van der Waals surface area contributed by atoms with Crippen LogP contribution >= 0.6 is 11.6 Å². The zero-order chi connectivity index (χ0) is 18.4. The minimum Gasteiger partial charge on any atom is -0.465 e. The number of amides is 1. The molecule has 0 aromatic heterocycles. The largest absolute Gasteiger partial charge is 0.465 e. The molecule has 25 heavy (non-hydrogen) atoms. The molecule has 0 fully saturated rings. The highest BCUT2D eigenvalue weighted by atomic mass is 35.5. The maximum absolute atomic E-state index is 12.3. The van der Waals surface area contributed by atoms with Gasteiger partial charge in [0.05, 0.1) is 23.4 Å². The van der Waals surface area contributed by atoms with Crippen molar-refractivity contribution in [3.8, 4) is 5.75 Å². The second kappa shape index (κ2) is 8.18. The molecule has 128 valence electrons. The number of rotatable bonds is 5. The Hall–Kier alpha value is -3.04. The van der Waals surface area contributed by atoms with Crippen LogP contribution in [0.15, 0.2) is 42.5 Å². The first kappa shape index (κ1) is 18.3. The maximum atomic E-state index is 12.3. The number of halogens is 1. The monoisotopic (exact) mass is 358 g/mol. The lowest BCUT2D eigenvalue weighted by Crippen LogP contribution is -2.30. The summed E-state index contributed by atoms with van der Waals surface area (Å²) in [5.74, 6) is -0.861. The Morgan fingerprint density at radius 2 is 1.88 bits per heavy atom. The molecule has 2 rings (SSSR count). The second-order valence-electron chi connectivity index (χ2n) is 5.09. The Labute approximate surface area is 150 Å². The molecule has 0 saturated carbocycles. The number of carbonyl (C=O) groups is 2. The first-order valence-corrected chi connectivity index (χ1v) is 7.61. The summed E-state index contributed by atoms with van der Waals surface area (Å²) in [6, 6.07) is 11.3. The summed E-state index contributed by atoms with van der Waals surface area (Å²) in [6.07, 6.45) is -1.39. The van der Waals surface area contributed by atoms with Gasteiger partial charge in [-0.25, -0.2) is 11.4 Å². The van der Waals surface area contributed by atoms with Crippen molar-refractivity contribution in [3.63, 3.8) is 0 Å². The van der Waals surface area contributed by atoms with Crippen LogP contribution in [0.5, 0.6) is 5.75 Å². The van der Waals surface area contributed by atoms with Gasteiger partial charge in [-0.2, -0.15) is 0 Å². The number of benzene rings is 2. The molecule has 1 amide bonds. The minimum absolute atomic E-state index is 0.190. The third-order valence-corrected chi connectivity index (χ3v) is 3.59. The molecular formula is C18H15ClN2O4. The number of carbonyl (C=O) groups excluding carboxylic acids is 2. The van der Waals surface area contributed by atoms with Crippen molar-refractivity contribution in [2.45, 2.75) is 13.2 Å². The maximum Gasteiger partial charge on any atom is 0.446 e.